The standard InChI is InChI=1S/C29H33ClN6O2S/c1-16-31-15-25(39-16)19-13-21-22(14-20(19)30)36(27(32-21)29(2,3)4)17-11-23-26(34(6)28(38)33(23)5)24(12-17)35-9-7-18(37)8-10-35/h11-15,18,37H,7-10H2,1-6H3. The van der Waals surface area contributed by atoms with Crippen molar-refractivity contribution in [1.29, 1.82) is 0 Å². The summed E-state index contributed by atoms with van der Waals surface area (Å²) < 4.78 is 5.60. The molecule has 0 radical (unpaired) electrons. The van der Waals surface area contributed by atoms with Gasteiger partial charge in [-0.15, -0.1) is 11.3 Å². The van der Waals surface area contributed by atoms with E-state index in [1.54, 1.807) is 20.5 Å². The van der Waals surface area contributed by atoms with Crippen LogP contribution < -0.4 is 10.6 Å². The minimum absolute atomic E-state index is 0.0699. The highest BCUT2D eigenvalue weighted by molar-refractivity contribution is 7.15. The molecule has 1 N–H and O–H groups in total. The van der Waals surface area contributed by atoms with Gasteiger partial charge in [0.1, 0.15) is 5.82 Å². The van der Waals surface area contributed by atoms with Crippen molar-refractivity contribution in [2.75, 3.05) is 18.0 Å². The number of hydrogen-bond acceptors (Lipinski definition) is 6. The first-order valence-corrected chi connectivity index (χ1v) is 14.4. The third-order valence-corrected chi connectivity index (χ3v) is 8.95. The van der Waals surface area contributed by atoms with Crippen LogP contribution in [-0.4, -0.2) is 48.0 Å². The zero-order chi connectivity index (χ0) is 27.8. The van der Waals surface area contributed by atoms with E-state index in [-0.39, 0.29) is 17.2 Å². The Balaban J connectivity index is 1.64. The molecule has 10 heteroatoms. The summed E-state index contributed by atoms with van der Waals surface area (Å²) in [5, 5.41) is 11.8. The van der Waals surface area contributed by atoms with Crippen molar-refractivity contribution in [3.05, 3.63) is 56.8 Å². The van der Waals surface area contributed by atoms with Gasteiger partial charge in [-0.1, -0.05) is 32.4 Å². The third-order valence-electron chi connectivity index (χ3n) is 7.69. The van der Waals surface area contributed by atoms with E-state index in [1.165, 1.54) is 0 Å². The van der Waals surface area contributed by atoms with Crippen molar-refractivity contribution in [1.82, 2.24) is 23.7 Å². The van der Waals surface area contributed by atoms with Gasteiger partial charge in [0.15, 0.2) is 0 Å². The van der Waals surface area contributed by atoms with Gasteiger partial charge in [-0.3, -0.25) is 13.7 Å². The van der Waals surface area contributed by atoms with E-state index in [0.717, 1.165) is 67.8 Å². The predicted molar refractivity (Wildman–Crippen MR) is 160 cm³/mol. The molecule has 0 aliphatic carbocycles. The highest BCUT2D eigenvalue weighted by Gasteiger charge is 2.28. The highest BCUT2D eigenvalue weighted by atomic mass is 35.5. The maximum Gasteiger partial charge on any atom is 0.328 e. The normalized spacial score (nSPS) is 15.2. The Morgan fingerprint density at radius 2 is 1.77 bits per heavy atom. The molecule has 0 spiro atoms. The van der Waals surface area contributed by atoms with Gasteiger partial charge in [0.25, 0.3) is 0 Å². The SMILES string of the molecule is Cc1ncc(-c2cc3nc(C(C)(C)C)n(-c4cc(N5CCC(O)CC5)c5c(c4)n(C)c(=O)n5C)c3cc2Cl)s1. The monoisotopic (exact) mass is 564 g/mol. The van der Waals surface area contributed by atoms with Crippen molar-refractivity contribution in [3.63, 3.8) is 0 Å². The van der Waals surface area contributed by atoms with Gasteiger partial charge in [-0.25, -0.2) is 14.8 Å². The molecule has 0 atom stereocenters. The highest BCUT2D eigenvalue weighted by Crippen LogP contribution is 2.39. The van der Waals surface area contributed by atoms with Crippen LogP contribution in [0.15, 0.2) is 35.3 Å². The lowest BCUT2D eigenvalue weighted by Crippen LogP contribution is -2.36. The Morgan fingerprint density at radius 3 is 2.41 bits per heavy atom. The van der Waals surface area contributed by atoms with Gasteiger partial charge in [0, 0.05) is 44.4 Å². The van der Waals surface area contributed by atoms with Crippen LogP contribution in [0.4, 0.5) is 5.69 Å². The molecule has 0 unspecified atom stereocenters. The van der Waals surface area contributed by atoms with Crippen molar-refractivity contribution in [2.24, 2.45) is 14.1 Å². The van der Waals surface area contributed by atoms with Crippen LogP contribution >= 0.6 is 22.9 Å². The lowest BCUT2D eigenvalue weighted by molar-refractivity contribution is 0.145. The van der Waals surface area contributed by atoms with Crippen LogP contribution in [-0.2, 0) is 19.5 Å². The number of aliphatic hydroxyl groups is 1. The van der Waals surface area contributed by atoms with Gasteiger partial charge in [-0.2, -0.15) is 0 Å². The number of aliphatic hydroxyl groups excluding tert-OH is 1. The number of thiazole rings is 1. The number of anilines is 1. The number of nitrogens with zero attached hydrogens (tertiary/aromatic N) is 6. The fraction of sp³-hybridized carbons (Fsp3) is 0.414. The van der Waals surface area contributed by atoms with Crippen molar-refractivity contribution in [2.45, 2.75) is 52.1 Å². The molecule has 2 aromatic carbocycles. The molecular weight excluding hydrogens is 532 g/mol. The Kier molecular flexibility index (Phi) is 6.17. The minimum Gasteiger partial charge on any atom is -0.393 e. The summed E-state index contributed by atoms with van der Waals surface area (Å²) in [4.78, 5) is 25.9. The zero-order valence-electron chi connectivity index (χ0n) is 23.1. The number of fused-ring (bicyclic) bond motifs is 2. The molecule has 8 nitrogen and oxygen atoms in total. The maximum absolute atomic E-state index is 13.1. The fourth-order valence-electron chi connectivity index (χ4n) is 5.63. The Morgan fingerprint density at radius 1 is 1.05 bits per heavy atom. The Labute approximate surface area is 236 Å². The van der Waals surface area contributed by atoms with Crippen LogP contribution in [0.1, 0.15) is 44.4 Å². The van der Waals surface area contributed by atoms with E-state index in [9.17, 15) is 9.90 Å². The van der Waals surface area contributed by atoms with E-state index in [2.05, 4.69) is 53.4 Å². The largest absolute Gasteiger partial charge is 0.393 e. The molecule has 3 aromatic heterocycles. The lowest BCUT2D eigenvalue weighted by atomic mass is 9.95. The molecule has 0 saturated carbocycles. The molecule has 5 aromatic rings. The average Bonchev–Trinajstić information content (AvgIpc) is 3.55. The first kappa shape index (κ1) is 26.1. The molecule has 39 heavy (non-hydrogen) atoms. The average molecular weight is 565 g/mol. The van der Waals surface area contributed by atoms with Gasteiger partial charge in [0.2, 0.25) is 0 Å². The van der Waals surface area contributed by atoms with Crippen LogP contribution in [0, 0.1) is 6.92 Å². The van der Waals surface area contributed by atoms with E-state index in [4.69, 9.17) is 16.6 Å². The molecular formula is C29H33ClN6O2S. The van der Waals surface area contributed by atoms with Crippen LogP contribution in [0.5, 0.6) is 0 Å². The number of hydrogen-bond donors (Lipinski definition) is 1. The van der Waals surface area contributed by atoms with Crippen LogP contribution in [0.2, 0.25) is 5.02 Å². The second-order valence-corrected chi connectivity index (χ2v) is 13.2. The minimum atomic E-state index is -0.289. The summed E-state index contributed by atoms with van der Waals surface area (Å²) in [5.74, 6) is 0.909. The number of halogens is 1. The second-order valence-electron chi connectivity index (χ2n) is 11.5. The summed E-state index contributed by atoms with van der Waals surface area (Å²) >= 11 is 8.51. The maximum atomic E-state index is 13.1. The van der Waals surface area contributed by atoms with Crippen molar-refractivity contribution in [3.8, 4) is 16.1 Å². The first-order chi connectivity index (χ1) is 18.4. The van der Waals surface area contributed by atoms with Crippen LogP contribution in [0.3, 0.4) is 0 Å². The zero-order valence-corrected chi connectivity index (χ0v) is 24.7. The summed E-state index contributed by atoms with van der Waals surface area (Å²) in [6.45, 7) is 9.91. The van der Waals surface area contributed by atoms with Crippen molar-refractivity contribution >= 4 is 50.7 Å². The van der Waals surface area contributed by atoms with E-state index in [1.807, 2.05) is 33.3 Å². The van der Waals surface area contributed by atoms with E-state index >= 15 is 0 Å². The molecule has 1 aliphatic heterocycles. The summed E-state index contributed by atoms with van der Waals surface area (Å²) in [6, 6.07) is 8.28. The van der Waals surface area contributed by atoms with Gasteiger partial charge in [0.05, 0.1) is 54.5 Å². The Hall–Kier alpha value is -3.14. The number of aryl methyl sites for hydroxylation is 3. The number of aromatic nitrogens is 5. The lowest BCUT2D eigenvalue weighted by Gasteiger charge is -2.32. The second kappa shape index (κ2) is 9.21. The number of imidazole rings is 2. The molecule has 4 heterocycles. The number of piperidine rings is 1. The summed E-state index contributed by atoms with van der Waals surface area (Å²) in [7, 11) is 3.64. The molecule has 204 valence electrons. The molecule has 0 amide bonds. The van der Waals surface area contributed by atoms with E-state index in [0.29, 0.717) is 17.9 Å². The molecule has 6 rings (SSSR count). The Bertz CT molecular complexity index is 1800. The smallest absolute Gasteiger partial charge is 0.328 e. The third kappa shape index (κ3) is 4.27. The van der Waals surface area contributed by atoms with Gasteiger partial charge < -0.3 is 10.0 Å². The number of benzene rings is 2. The molecule has 0 bridgehead atoms. The summed E-state index contributed by atoms with van der Waals surface area (Å²) in [5.41, 5.74) is 6.02. The van der Waals surface area contributed by atoms with Crippen molar-refractivity contribution < 1.29 is 5.11 Å². The molecule has 1 fully saturated rings. The quantitative estimate of drug-likeness (QED) is 0.310. The first-order valence-electron chi connectivity index (χ1n) is 13.2. The fourth-order valence-corrected chi connectivity index (χ4v) is 6.75. The topological polar surface area (TPSA) is 81.1 Å². The molecule has 1 saturated heterocycles. The predicted octanol–water partition coefficient (Wildman–Crippen LogP) is 5.56. The number of rotatable bonds is 3. The van der Waals surface area contributed by atoms with Crippen LogP contribution in [0.25, 0.3) is 38.2 Å². The van der Waals surface area contributed by atoms with E-state index < -0.39 is 0 Å². The summed E-state index contributed by atoms with van der Waals surface area (Å²) in [6.07, 6.45) is 2.97. The van der Waals surface area contributed by atoms with Gasteiger partial charge in [-0.05, 0) is 44.0 Å². The molecule has 1 aliphatic rings. The van der Waals surface area contributed by atoms with Gasteiger partial charge >= 0.3 is 5.69 Å².